The number of benzene rings is 1. The molecule has 0 spiro atoms. The van der Waals surface area contributed by atoms with Crippen molar-refractivity contribution in [1.29, 1.82) is 4.78 Å². The van der Waals surface area contributed by atoms with Gasteiger partial charge >= 0.3 is 0 Å². The van der Waals surface area contributed by atoms with Crippen molar-refractivity contribution in [3.63, 3.8) is 0 Å². The van der Waals surface area contributed by atoms with E-state index >= 15 is 0 Å². The second-order valence-corrected chi connectivity index (χ2v) is 5.40. The maximum absolute atomic E-state index is 12.5. The highest BCUT2D eigenvalue weighted by Crippen LogP contribution is 2.21. The molecule has 1 N–H and O–H groups in total. The van der Waals surface area contributed by atoms with Crippen molar-refractivity contribution in [3.05, 3.63) is 65.9 Å². The van der Waals surface area contributed by atoms with Crippen LogP contribution in [0.15, 0.2) is 70.8 Å². The van der Waals surface area contributed by atoms with E-state index in [9.17, 15) is 8.60 Å². The van der Waals surface area contributed by atoms with Crippen LogP contribution in [0.2, 0.25) is 0 Å². The molecule has 1 aromatic rings. The van der Waals surface area contributed by atoms with Gasteiger partial charge in [0.1, 0.15) is 15.6 Å². The van der Waals surface area contributed by atoms with E-state index in [0.717, 1.165) is 6.08 Å². The second-order valence-electron chi connectivity index (χ2n) is 3.34. The molecule has 0 bridgehead atoms. The van der Waals surface area contributed by atoms with Crippen LogP contribution in [0.3, 0.4) is 0 Å². The summed E-state index contributed by atoms with van der Waals surface area (Å²) in [6, 6.07) is 8.46. The molecule has 21 heavy (non-hydrogen) atoms. The molecule has 0 aliphatic carbocycles. The summed E-state index contributed by atoms with van der Waals surface area (Å²) in [4.78, 5) is 0.671. The van der Waals surface area contributed by atoms with Gasteiger partial charge < -0.3 is 0 Å². The first-order valence-electron chi connectivity index (χ1n) is 7.01. The quantitative estimate of drug-likeness (QED) is 0.672. The molecular formula is C17H26FNOS. The Hall–Kier alpha value is -1.68. The van der Waals surface area contributed by atoms with Gasteiger partial charge in [0, 0.05) is 4.91 Å². The Balaban J connectivity index is 0. The van der Waals surface area contributed by atoms with Gasteiger partial charge in [0.15, 0.2) is 0 Å². The largest absolute Gasteiger partial charge is 0.245 e. The molecule has 118 valence electrons. The van der Waals surface area contributed by atoms with Crippen LogP contribution >= 0.6 is 0 Å². The van der Waals surface area contributed by atoms with Crippen LogP contribution in [0, 0.1) is 4.78 Å². The van der Waals surface area contributed by atoms with Gasteiger partial charge in [-0.05, 0) is 31.2 Å². The standard InChI is InChI=1S/C13H14FNOS.2C2H6/c1-3-12(10-9-11(2)14)17(15,16)13-7-5-4-6-8-13;2*1-2/h3-10,15H,2H2,1H3;2*1-2H3/b10-9-,12-3+;;. The summed E-state index contributed by atoms with van der Waals surface area (Å²) >= 11 is 0. The molecule has 0 amide bonds. The molecule has 0 fully saturated rings. The lowest BCUT2D eigenvalue weighted by atomic mass is 10.4. The van der Waals surface area contributed by atoms with Crippen LogP contribution in [-0.4, -0.2) is 4.21 Å². The molecule has 1 rings (SSSR count). The predicted molar refractivity (Wildman–Crippen MR) is 91.4 cm³/mol. The summed E-state index contributed by atoms with van der Waals surface area (Å²) < 4.78 is 32.8. The van der Waals surface area contributed by atoms with Crippen molar-refractivity contribution >= 4 is 9.73 Å². The summed E-state index contributed by atoms with van der Waals surface area (Å²) in [5, 5.41) is 0. The molecule has 2 nitrogen and oxygen atoms in total. The van der Waals surface area contributed by atoms with Crippen molar-refractivity contribution in [2.24, 2.45) is 0 Å². The van der Waals surface area contributed by atoms with Gasteiger partial charge in [-0.15, -0.1) is 0 Å². The first kappa shape index (κ1) is 21.6. The number of hydrogen-bond donors (Lipinski definition) is 1. The van der Waals surface area contributed by atoms with Gasteiger partial charge in [-0.2, -0.15) is 0 Å². The molecule has 0 aromatic heterocycles. The fourth-order valence-electron chi connectivity index (χ4n) is 1.28. The summed E-state index contributed by atoms with van der Waals surface area (Å²) in [5.41, 5.74) is 0. The molecule has 0 saturated heterocycles. The molecule has 1 aromatic carbocycles. The lowest BCUT2D eigenvalue weighted by Crippen LogP contribution is -2.00. The van der Waals surface area contributed by atoms with Gasteiger partial charge in [-0.3, -0.25) is 0 Å². The Labute approximate surface area is 129 Å². The summed E-state index contributed by atoms with van der Waals surface area (Å²) in [7, 11) is -3.08. The van der Waals surface area contributed by atoms with Gasteiger partial charge in [-0.1, -0.05) is 58.5 Å². The minimum Gasteiger partial charge on any atom is -0.245 e. The predicted octanol–water partition coefficient (Wildman–Crippen LogP) is 6.09. The molecular weight excluding hydrogens is 285 g/mol. The lowest BCUT2D eigenvalue weighted by molar-refractivity contribution is 0.671. The second kappa shape index (κ2) is 12.1. The maximum Gasteiger partial charge on any atom is 0.116 e. The van der Waals surface area contributed by atoms with Gasteiger partial charge in [-0.25, -0.2) is 13.4 Å². The third-order valence-corrected chi connectivity index (χ3v) is 4.09. The molecule has 4 heteroatoms. The molecule has 1 atom stereocenters. The Morgan fingerprint density at radius 2 is 1.62 bits per heavy atom. The number of allylic oxidation sites excluding steroid dienone is 4. The Kier molecular flexibility index (Phi) is 12.4. The van der Waals surface area contributed by atoms with Crippen molar-refractivity contribution < 1.29 is 8.60 Å². The van der Waals surface area contributed by atoms with Gasteiger partial charge in [0.25, 0.3) is 0 Å². The van der Waals surface area contributed by atoms with E-state index in [0.29, 0.717) is 4.90 Å². The van der Waals surface area contributed by atoms with E-state index in [4.69, 9.17) is 4.78 Å². The average Bonchev–Trinajstić information content (AvgIpc) is 2.52. The van der Waals surface area contributed by atoms with E-state index in [-0.39, 0.29) is 4.91 Å². The Bertz CT molecular complexity index is 558. The molecule has 0 radical (unpaired) electrons. The topological polar surface area (TPSA) is 40.9 Å². The lowest BCUT2D eigenvalue weighted by Gasteiger charge is -2.07. The summed E-state index contributed by atoms with van der Waals surface area (Å²) in [5.74, 6) is -0.632. The molecule has 0 heterocycles. The summed E-state index contributed by atoms with van der Waals surface area (Å²) in [6.07, 6.45) is 3.97. The van der Waals surface area contributed by atoms with E-state index in [1.165, 1.54) is 6.08 Å². The first-order valence-corrected chi connectivity index (χ1v) is 8.57. The van der Waals surface area contributed by atoms with Gasteiger partial charge in [0.2, 0.25) is 0 Å². The molecule has 0 saturated carbocycles. The van der Waals surface area contributed by atoms with Crippen LogP contribution in [0.4, 0.5) is 4.39 Å². The highest BCUT2D eigenvalue weighted by atomic mass is 32.2. The van der Waals surface area contributed by atoms with Crippen molar-refractivity contribution in [2.75, 3.05) is 0 Å². The number of hydrogen-bond acceptors (Lipinski definition) is 2. The normalized spacial score (nSPS) is 13.3. The van der Waals surface area contributed by atoms with E-state index in [1.807, 2.05) is 27.7 Å². The number of nitrogens with one attached hydrogen (secondary N) is 1. The smallest absolute Gasteiger partial charge is 0.116 e. The van der Waals surface area contributed by atoms with E-state index < -0.39 is 15.6 Å². The zero-order valence-electron chi connectivity index (χ0n) is 13.5. The maximum atomic E-state index is 12.5. The average molecular weight is 311 g/mol. The summed E-state index contributed by atoms with van der Waals surface area (Å²) in [6.45, 7) is 12.7. The molecule has 0 aliphatic rings. The van der Waals surface area contributed by atoms with Crippen molar-refractivity contribution in [3.8, 4) is 0 Å². The number of halogens is 1. The number of rotatable bonds is 4. The minimum atomic E-state index is -3.08. The van der Waals surface area contributed by atoms with Crippen LogP contribution in [0.5, 0.6) is 0 Å². The Morgan fingerprint density at radius 1 is 1.14 bits per heavy atom. The Morgan fingerprint density at radius 3 is 2.00 bits per heavy atom. The third-order valence-electron chi connectivity index (χ3n) is 2.12. The van der Waals surface area contributed by atoms with E-state index in [2.05, 4.69) is 6.58 Å². The molecule has 1 unspecified atom stereocenters. The monoisotopic (exact) mass is 311 g/mol. The fraction of sp³-hybridized carbons (Fsp3) is 0.294. The molecule has 0 aliphatic heterocycles. The van der Waals surface area contributed by atoms with Gasteiger partial charge in [0.05, 0.1) is 4.90 Å². The zero-order valence-corrected chi connectivity index (χ0v) is 14.3. The van der Waals surface area contributed by atoms with Crippen LogP contribution in [-0.2, 0) is 9.73 Å². The van der Waals surface area contributed by atoms with Crippen molar-refractivity contribution in [2.45, 2.75) is 39.5 Å². The van der Waals surface area contributed by atoms with Crippen molar-refractivity contribution in [1.82, 2.24) is 0 Å². The highest BCUT2D eigenvalue weighted by Gasteiger charge is 2.12. The van der Waals surface area contributed by atoms with Crippen LogP contribution < -0.4 is 0 Å². The SMILES string of the molecule is C=C(F)/C=C\C(=C/C)S(=N)(=O)c1ccccc1.CC.CC. The zero-order chi connectivity index (χ0) is 16.9. The third kappa shape index (κ3) is 7.61. The minimum absolute atomic E-state index is 0.266. The van der Waals surface area contributed by atoms with Crippen LogP contribution in [0.1, 0.15) is 34.6 Å². The van der Waals surface area contributed by atoms with Crippen LogP contribution in [0.25, 0.3) is 0 Å². The highest BCUT2D eigenvalue weighted by molar-refractivity contribution is 7.96. The first-order chi connectivity index (χ1) is 9.98. The van der Waals surface area contributed by atoms with E-state index in [1.54, 1.807) is 43.3 Å². The fourth-order valence-corrected chi connectivity index (χ4v) is 2.68.